The highest BCUT2D eigenvalue weighted by Crippen LogP contribution is 2.26. The third-order valence-electron chi connectivity index (χ3n) is 3.54. The third-order valence-corrected chi connectivity index (χ3v) is 4.57. The minimum atomic E-state index is -0.656. The zero-order valence-corrected chi connectivity index (χ0v) is 15.4. The maximum Gasteiger partial charge on any atom is 0.255 e. The highest BCUT2D eigenvalue weighted by molar-refractivity contribution is 7.09. The first-order valence-electron chi connectivity index (χ1n) is 7.78. The number of hydrogen-bond acceptors (Lipinski definition) is 5. The van der Waals surface area contributed by atoms with Crippen LogP contribution in [0.1, 0.15) is 61.7 Å². The molecule has 2 aromatic rings. The number of nitrogens with zero attached hydrogens (tertiary/aromatic N) is 1. The maximum absolute atomic E-state index is 12.3. The van der Waals surface area contributed by atoms with Crippen LogP contribution in [0, 0.1) is 0 Å². The van der Waals surface area contributed by atoms with Crippen molar-refractivity contribution in [3.8, 4) is 0 Å². The number of carbonyl (C=O) groups excluding carboxylic acids is 2. The number of furan rings is 1. The van der Waals surface area contributed by atoms with Gasteiger partial charge >= 0.3 is 0 Å². The van der Waals surface area contributed by atoms with Crippen molar-refractivity contribution in [2.45, 2.75) is 52.1 Å². The molecule has 0 saturated heterocycles. The molecule has 0 aliphatic heterocycles. The molecule has 2 aromatic heterocycles. The molecule has 0 bridgehead atoms. The summed E-state index contributed by atoms with van der Waals surface area (Å²) in [6.45, 7) is 9.82. The van der Waals surface area contributed by atoms with Gasteiger partial charge in [0.2, 0.25) is 5.91 Å². The van der Waals surface area contributed by atoms with Gasteiger partial charge in [0.15, 0.2) is 0 Å². The van der Waals surface area contributed by atoms with Gasteiger partial charge in [-0.1, -0.05) is 20.8 Å². The number of thiazole rings is 1. The van der Waals surface area contributed by atoms with Crippen molar-refractivity contribution in [1.29, 1.82) is 0 Å². The molecule has 2 N–H and O–H groups in total. The molecule has 130 valence electrons. The number of nitrogens with one attached hydrogen (secondary N) is 2. The van der Waals surface area contributed by atoms with Crippen LogP contribution in [0.25, 0.3) is 0 Å². The molecule has 7 heteroatoms. The van der Waals surface area contributed by atoms with E-state index >= 15 is 0 Å². The Bertz CT molecular complexity index is 701. The normalized spacial score (nSPS) is 14.0. The van der Waals surface area contributed by atoms with Crippen molar-refractivity contribution in [2.75, 3.05) is 0 Å². The molecule has 0 aliphatic rings. The lowest BCUT2D eigenvalue weighted by Crippen LogP contribution is -2.45. The molecule has 2 amide bonds. The highest BCUT2D eigenvalue weighted by Gasteiger charge is 2.23. The first-order chi connectivity index (χ1) is 11.2. The summed E-state index contributed by atoms with van der Waals surface area (Å²) >= 11 is 1.52. The quantitative estimate of drug-likeness (QED) is 0.869. The Morgan fingerprint density at radius 2 is 1.96 bits per heavy atom. The molecule has 0 fully saturated rings. The van der Waals surface area contributed by atoms with Gasteiger partial charge in [0.05, 0.1) is 23.6 Å². The lowest BCUT2D eigenvalue weighted by molar-refractivity contribution is -0.123. The van der Waals surface area contributed by atoms with Crippen molar-refractivity contribution < 1.29 is 14.0 Å². The second-order valence-corrected chi connectivity index (χ2v) is 7.65. The number of hydrogen-bond donors (Lipinski definition) is 2. The Morgan fingerprint density at radius 3 is 2.50 bits per heavy atom. The Labute approximate surface area is 145 Å². The van der Waals surface area contributed by atoms with Crippen LogP contribution in [0.2, 0.25) is 0 Å². The fourth-order valence-electron chi connectivity index (χ4n) is 1.97. The van der Waals surface area contributed by atoms with Gasteiger partial charge in [-0.25, -0.2) is 4.98 Å². The van der Waals surface area contributed by atoms with E-state index in [9.17, 15) is 9.59 Å². The van der Waals surface area contributed by atoms with E-state index in [1.807, 2.05) is 12.3 Å². The van der Waals surface area contributed by atoms with E-state index in [-0.39, 0.29) is 23.3 Å². The van der Waals surface area contributed by atoms with Crippen LogP contribution in [0.15, 0.2) is 28.4 Å². The molecule has 2 heterocycles. The van der Waals surface area contributed by atoms with E-state index in [1.54, 1.807) is 13.0 Å². The molecule has 6 nitrogen and oxygen atoms in total. The third kappa shape index (κ3) is 4.44. The molecule has 24 heavy (non-hydrogen) atoms. The van der Waals surface area contributed by atoms with Crippen LogP contribution in [0.3, 0.4) is 0 Å². The topological polar surface area (TPSA) is 84.2 Å². The first kappa shape index (κ1) is 18.2. The Balaban J connectivity index is 1.93. The minimum absolute atomic E-state index is 0.0235. The van der Waals surface area contributed by atoms with Crippen LogP contribution in [-0.4, -0.2) is 22.8 Å². The van der Waals surface area contributed by atoms with Crippen LogP contribution in [0.5, 0.6) is 0 Å². The predicted octanol–water partition coefficient (Wildman–Crippen LogP) is 3.03. The standard InChI is InChI=1S/C17H23N3O3S/c1-10(18-15(22)12-6-7-23-8-12)14(21)19-11(2)16-20-13(9-24-16)17(3,4)5/h6-11H,1-5H3,(H,18,22)(H,19,21). The van der Waals surface area contributed by atoms with Gasteiger partial charge in [0.1, 0.15) is 17.3 Å². The van der Waals surface area contributed by atoms with Crippen molar-refractivity contribution >= 4 is 23.2 Å². The van der Waals surface area contributed by atoms with Crippen LogP contribution in [-0.2, 0) is 10.2 Å². The lowest BCUT2D eigenvalue weighted by atomic mass is 9.93. The molecule has 2 unspecified atom stereocenters. The van der Waals surface area contributed by atoms with Gasteiger partial charge in [0, 0.05) is 10.8 Å². The molecule has 0 spiro atoms. The van der Waals surface area contributed by atoms with E-state index in [0.717, 1.165) is 10.7 Å². The predicted molar refractivity (Wildman–Crippen MR) is 93.0 cm³/mol. The summed E-state index contributed by atoms with van der Waals surface area (Å²) < 4.78 is 4.86. The van der Waals surface area contributed by atoms with Crippen LogP contribution < -0.4 is 10.6 Å². The van der Waals surface area contributed by atoms with Crippen LogP contribution >= 0.6 is 11.3 Å². The number of aromatic nitrogens is 1. The largest absolute Gasteiger partial charge is 0.472 e. The first-order valence-corrected chi connectivity index (χ1v) is 8.66. The van der Waals surface area contributed by atoms with Crippen molar-refractivity contribution in [3.63, 3.8) is 0 Å². The molecule has 0 aliphatic carbocycles. The van der Waals surface area contributed by atoms with Crippen molar-refractivity contribution in [3.05, 3.63) is 40.2 Å². The molecular formula is C17H23N3O3S. The lowest BCUT2D eigenvalue weighted by Gasteiger charge is -2.17. The monoisotopic (exact) mass is 349 g/mol. The Morgan fingerprint density at radius 1 is 1.25 bits per heavy atom. The number of amides is 2. The van der Waals surface area contributed by atoms with Gasteiger partial charge in [-0.2, -0.15) is 0 Å². The van der Waals surface area contributed by atoms with Gasteiger partial charge in [0.25, 0.3) is 5.91 Å². The van der Waals surface area contributed by atoms with E-state index in [1.165, 1.54) is 23.9 Å². The average molecular weight is 349 g/mol. The van der Waals surface area contributed by atoms with Gasteiger partial charge in [-0.3, -0.25) is 9.59 Å². The van der Waals surface area contributed by atoms with Gasteiger partial charge in [-0.15, -0.1) is 11.3 Å². The Hall–Kier alpha value is -2.15. The summed E-state index contributed by atoms with van der Waals surface area (Å²) in [6, 6.07) is 0.676. The molecule has 0 saturated carbocycles. The fourth-order valence-corrected chi connectivity index (χ4v) is 3.02. The summed E-state index contributed by atoms with van der Waals surface area (Å²) in [4.78, 5) is 28.8. The maximum atomic E-state index is 12.3. The van der Waals surface area contributed by atoms with Gasteiger partial charge in [-0.05, 0) is 19.9 Å². The number of rotatable bonds is 5. The second kappa shape index (κ2) is 7.17. The molecular weight excluding hydrogens is 326 g/mol. The average Bonchev–Trinajstić information content (AvgIpc) is 3.17. The molecule has 0 radical (unpaired) electrons. The van der Waals surface area contributed by atoms with Crippen molar-refractivity contribution in [1.82, 2.24) is 15.6 Å². The summed E-state index contributed by atoms with van der Waals surface area (Å²) in [7, 11) is 0. The summed E-state index contributed by atoms with van der Waals surface area (Å²) in [6.07, 6.45) is 2.75. The van der Waals surface area contributed by atoms with E-state index < -0.39 is 6.04 Å². The second-order valence-electron chi connectivity index (χ2n) is 6.76. The molecule has 0 aromatic carbocycles. The molecule has 2 atom stereocenters. The Kier molecular flexibility index (Phi) is 5.43. The highest BCUT2D eigenvalue weighted by atomic mass is 32.1. The van der Waals surface area contributed by atoms with E-state index in [4.69, 9.17) is 4.42 Å². The minimum Gasteiger partial charge on any atom is -0.472 e. The summed E-state index contributed by atoms with van der Waals surface area (Å²) in [5.74, 6) is -0.602. The smallest absolute Gasteiger partial charge is 0.255 e. The van der Waals surface area contributed by atoms with Gasteiger partial charge < -0.3 is 15.1 Å². The molecule has 2 rings (SSSR count). The summed E-state index contributed by atoms with van der Waals surface area (Å²) in [5, 5.41) is 8.39. The summed E-state index contributed by atoms with van der Waals surface area (Å²) in [5.41, 5.74) is 1.37. The van der Waals surface area contributed by atoms with Crippen LogP contribution in [0.4, 0.5) is 0 Å². The SMILES string of the molecule is CC(NC(=O)c1ccoc1)C(=O)NC(C)c1nc(C(C)(C)C)cs1. The van der Waals surface area contributed by atoms with E-state index in [0.29, 0.717) is 5.56 Å². The van der Waals surface area contributed by atoms with E-state index in [2.05, 4.69) is 36.4 Å². The zero-order chi connectivity index (χ0) is 17.9. The fraction of sp³-hybridized carbons (Fsp3) is 0.471. The number of carbonyl (C=O) groups is 2. The van der Waals surface area contributed by atoms with Crippen molar-refractivity contribution in [2.24, 2.45) is 0 Å². The zero-order valence-electron chi connectivity index (χ0n) is 14.5.